The van der Waals surface area contributed by atoms with E-state index in [4.69, 9.17) is 18.9 Å². The molecule has 24 heavy (non-hydrogen) atoms. The van der Waals surface area contributed by atoms with Gasteiger partial charge in [0.15, 0.2) is 5.78 Å². The van der Waals surface area contributed by atoms with Crippen molar-refractivity contribution in [3.05, 3.63) is 11.9 Å². The Labute approximate surface area is 155 Å². The molecule has 9 heteroatoms. The molecule has 0 unspecified atom stereocenters. The van der Waals surface area contributed by atoms with Gasteiger partial charge in [0.2, 0.25) is 0 Å². The molecule has 0 atom stereocenters. The molecule has 0 radical (unpaired) electrons. The second-order valence-corrected chi connectivity index (χ2v) is 5.12. The van der Waals surface area contributed by atoms with E-state index in [-0.39, 0.29) is 5.78 Å². The largest absolute Gasteiger partial charge is 0.377 e. The van der Waals surface area contributed by atoms with Crippen molar-refractivity contribution in [3.8, 4) is 9.85 Å². The fraction of sp³-hybridized carbons (Fsp3) is 0.667. The number of hydrogen-bond donors (Lipinski definition) is 0. The maximum atomic E-state index is 11.1. The third kappa shape index (κ3) is 10.7. The van der Waals surface area contributed by atoms with Crippen molar-refractivity contribution in [2.24, 2.45) is 0 Å². The van der Waals surface area contributed by atoms with Gasteiger partial charge in [0.1, 0.15) is 12.3 Å². The smallest absolute Gasteiger partial charge is 0.181 e. The molecule has 8 nitrogen and oxygen atoms in total. The van der Waals surface area contributed by atoms with E-state index in [2.05, 4.69) is 20.2 Å². The van der Waals surface area contributed by atoms with E-state index < -0.39 is 0 Å². The number of hydrogen-bond acceptors (Lipinski definition) is 7. The molecule has 1 aromatic heterocycles. The highest BCUT2D eigenvalue weighted by atomic mass is 127. The van der Waals surface area contributed by atoms with Crippen molar-refractivity contribution in [2.75, 3.05) is 52.9 Å². The summed E-state index contributed by atoms with van der Waals surface area (Å²) in [5.41, 5.74) is 0.363. The Balaban J connectivity index is 1.83. The Morgan fingerprint density at radius 2 is 1.67 bits per heavy atom. The lowest BCUT2D eigenvalue weighted by atomic mass is 10.3. The number of rotatable bonds is 14. The average Bonchev–Trinajstić information content (AvgIpc) is 3.04. The second kappa shape index (κ2) is 14.3. The van der Waals surface area contributed by atoms with Crippen LogP contribution in [0.5, 0.6) is 0 Å². The number of nitrogens with zero attached hydrogens (tertiary/aromatic N) is 3. The van der Waals surface area contributed by atoms with Crippen LogP contribution in [0.2, 0.25) is 0 Å². The first-order valence-corrected chi connectivity index (χ1v) is 8.62. The van der Waals surface area contributed by atoms with E-state index in [1.54, 1.807) is 10.9 Å². The standard InChI is InChI=1S/C15H22IN3O5/c1-14(20)15-13-19(18-17-15)4-6-22-8-10-24-12-11-23-9-7-21-5-2-3-16/h13H,4-12H2,1H3. The van der Waals surface area contributed by atoms with Gasteiger partial charge in [-0.3, -0.25) is 4.79 Å². The molecule has 0 saturated heterocycles. The van der Waals surface area contributed by atoms with Crippen molar-refractivity contribution < 1.29 is 23.7 Å². The number of ether oxygens (including phenoxy) is 4. The predicted molar refractivity (Wildman–Crippen MR) is 95.1 cm³/mol. The molecule has 0 N–H and O–H groups in total. The van der Waals surface area contributed by atoms with E-state index in [0.717, 1.165) is 0 Å². The van der Waals surface area contributed by atoms with Crippen LogP contribution in [-0.2, 0) is 25.5 Å². The predicted octanol–water partition coefficient (Wildman–Crippen LogP) is 0.943. The summed E-state index contributed by atoms with van der Waals surface area (Å²) in [7, 11) is 0. The molecule has 0 aromatic carbocycles. The molecular weight excluding hydrogens is 429 g/mol. The summed E-state index contributed by atoms with van der Waals surface area (Å²) in [5.74, 6) is 2.70. The van der Waals surface area contributed by atoms with Crippen molar-refractivity contribution in [2.45, 2.75) is 13.5 Å². The zero-order valence-corrected chi connectivity index (χ0v) is 15.9. The fourth-order valence-electron chi connectivity index (χ4n) is 1.54. The molecule has 0 aliphatic carbocycles. The maximum absolute atomic E-state index is 11.1. The normalized spacial score (nSPS) is 10.4. The van der Waals surface area contributed by atoms with Gasteiger partial charge in [-0.25, -0.2) is 4.68 Å². The molecule has 0 aliphatic rings. The third-order valence-electron chi connectivity index (χ3n) is 2.72. The zero-order valence-electron chi connectivity index (χ0n) is 13.7. The minimum absolute atomic E-state index is 0.0985. The lowest BCUT2D eigenvalue weighted by molar-refractivity contribution is 0.000196. The Kier molecular flexibility index (Phi) is 12.5. The van der Waals surface area contributed by atoms with E-state index in [0.29, 0.717) is 65.1 Å². The molecule has 0 aliphatic heterocycles. The van der Waals surface area contributed by atoms with Gasteiger partial charge in [0.25, 0.3) is 0 Å². The zero-order chi connectivity index (χ0) is 17.5. The minimum Gasteiger partial charge on any atom is -0.377 e. The SMILES string of the molecule is CC(=O)c1cn(CCOCCOCCOCCOCC#CI)nn1. The fourth-order valence-corrected chi connectivity index (χ4v) is 1.69. The Morgan fingerprint density at radius 3 is 2.21 bits per heavy atom. The number of carbonyl (C=O) groups is 1. The van der Waals surface area contributed by atoms with Crippen LogP contribution in [0.25, 0.3) is 0 Å². The third-order valence-corrected chi connectivity index (χ3v) is 3.10. The number of aromatic nitrogens is 3. The van der Waals surface area contributed by atoms with Crippen LogP contribution in [0.4, 0.5) is 0 Å². The van der Waals surface area contributed by atoms with Gasteiger partial charge >= 0.3 is 0 Å². The summed E-state index contributed by atoms with van der Waals surface area (Å²) in [6.07, 6.45) is 1.61. The van der Waals surface area contributed by atoms with Crippen molar-refractivity contribution in [3.63, 3.8) is 0 Å². The first-order chi connectivity index (χ1) is 11.7. The molecule has 0 fully saturated rings. The maximum Gasteiger partial charge on any atom is 0.181 e. The molecule has 1 heterocycles. The van der Waals surface area contributed by atoms with Gasteiger partial charge in [-0.05, 0) is 3.93 Å². The number of Topliss-reactive ketones (excluding diaryl/α,β-unsaturated/α-hetero) is 1. The summed E-state index contributed by atoms with van der Waals surface area (Å²) < 4.78 is 25.6. The van der Waals surface area contributed by atoms with Crippen LogP contribution < -0.4 is 0 Å². The highest BCUT2D eigenvalue weighted by Crippen LogP contribution is 1.94. The molecule has 0 amide bonds. The monoisotopic (exact) mass is 451 g/mol. The number of carbonyl (C=O) groups excluding carboxylic acids is 1. The van der Waals surface area contributed by atoms with Crippen LogP contribution in [0.15, 0.2) is 6.20 Å². The second-order valence-electron chi connectivity index (χ2n) is 4.58. The first kappa shape index (κ1) is 21.0. The van der Waals surface area contributed by atoms with E-state index in [1.165, 1.54) is 6.92 Å². The molecule has 1 rings (SSSR count). The molecule has 0 spiro atoms. The van der Waals surface area contributed by atoms with Gasteiger partial charge in [0.05, 0.1) is 59.0 Å². The van der Waals surface area contributed by atoms with Gasteiger partial charge < -0.3 is 18.9 Å². The molecule has 0 bridgehead atoms. The van der Waals surface area contributed by atoms with E-state index in [9.17, 15) is 4.79 Å². The van der Waals surface area contributed by atoms with Crippen molar-refractivity contribution >= 4 is 28.4 Å². The average molecular weight is 451 g/mol. The molecule has 1 aromatic rings. The van der Waals surface area contributed by atoms with E-state index in [1.807, 2.05) is 22.6 Å². The van der Waals surface area contributed by atoms with Crippen LogP contribution in [0.1, 0.15) is 17.4 Å². The van der Waals surface area contributed by atoms with Gasteiger partial charge in [-0.15, -0.1) is 5.10 Å². The number of halogens is 1. The summed E-state index contributed by atoms with van der Waals surface area (Å²) in [4.78, 5) is 11.1. The molecular formula is C15H22IN3O5. The first-order valence-electron chi connectivity index (χ1n) is 7.54. The van der Waals surface area contributed by atoms with Gasteiger partial charge in [0, 0.05) is 29.5 Å². The van der Waals surface area contributed by atoms with Gasteiger partial charge in [-0.1, -0.05) is 11.1 Å². The molecule has 134 valence electrons. The van der Waals surface area contributed by atoms with Crippen molar-refractivity contribution in [1.82, 2.24) is 15.0 Å². The summed E-state index contributed by atoms with van der Waals surface area (Å²) in [5, 5.41) is 7.59. The summed E-state index contributed by atoms with van der Waals surface area (Å²) in [6.45, 7) is 6.02. The van der Waals surface area contributed by atoms with Crippen LogP contribution in [0, 0.1) is 9.85 Å². The van der Waals surface area contributed by atoms with Crippen LogP contribution >= 0.6 is 22.6 Å². The lowest BCUT2D eigenvalue weighted by Crippen LogP contribution is -2.13. The Hall–Kier alpha value is -1.06. The highest BCUT2D eigenvalue weighted by Gasteiger charge is 2.04. The topological polar surface area (TPSA) is 84.7 Å². The Morgan fingerprint density at radius 1 is 1.08 bits per heavy atom. The Bertz CT molecular complexity index is 527. The summed E-state index contributed by atoms with van der Waals surface area (Å²) in [6, 6.07) is 0. The van der Waals surface area contributed by atoms with Crippen LogP contribution in [-0.4, -0.2) is 73.6 Å². The van der Waals surface area contributed by atoms with Gasteiger partial charge in [-0.2, -0.15) is 0 Å². The van der Waals surface area contributed by atoms with E-state index >= 15 is 0 Å². The van der Waals surface area contributed by atoms with Crippen LogP contribution in [0.3, 0.4) is 0 Å². The quantitative estimate of drug-likeness (QED) is 0.180. The highest BCUT2D eigenvalue weighted by molar-refractivity contribution is 14.1. The minimum atomic E-state index is -0.0985. The van der Waals surface area contributed by atoms with Crippen molar-refractivity contribution in [1.29, 1.82) is 0 Å². The number of ketones is 1. The summed E-state index contributed by atoms with van der Waals surface area (Å²) >= 11 is 1.97. The molecule has 0 saturated carbocycles. The lowest BCUT2D eigenvalue weighted by Gasteiger charge is -2.06.